The number of imidazole rings is 1. The number of hydrogen-bond acceptors (Lipinski definition) is 0. The Balaban J connectivity index is 2.04. The van der Waals surface area contributed by atoms with E-state index in [2.05, 4.69) is 42.3 Å². The SMILES string of the molecule is CCCCCCCCCCCCCCCCc1n(CCCCCCCCC)cc[n+]1CC. The monoisotopic (exact) mass is 447 g/mol. The second-order valence-corrected chi connectivity index (χ2v) is 10.2. The van der Waals surface area contributed by atoms with Crippen LogP contribution >= 0.6 is 0 Å². The quantitative estimate of drug-likeness (QED) is 0.110. The van der Waals surface area contributed by atoms with Crippen LogP contribution in [0.2, 0.25) is 0 Å². The molecule has 32 heavy (non-hydrogen) atoms. The van der Waals surface area contributed by atoms with Crippen LogP contribution < -0.4 is 4.57 Å². The van der Waals surface area contributed by atoms with Crippen molar-refractivity contribution in [1.29, 1.82) is 0 Å². The third-order valence-corrected chi connectivity index (χ3v) is 7.19. The fraction of sp³-hybridized carbons (Fsp3) is 0.900. The van der Waals surface area contributed by atoms with Crippen LogP contribution in [-0.2, 0) is 19.5 Å². The molecule has 0 aliphatic rings. The molecule has 0 unspecified atom stereocenters. The summed E-state index contributed by atoms with van der Waals surface area (Å²) in [5.41, 5.74) is 0. The Bertz CT molecular complexity index is 505. The molecule has 0 bridgehead atoms. The van der Waals surface area contributed by atoms with E-state index in [1.54, 1.807) is 5.82 Å². The van der Waals surface area contributed by atoms with Crippen LogP contribution in [0.1, 0.15) is 161 Å². The predicted molar refractivity (Wildman–Crippen MR) is 142 cm³/mol. The van der Waals surface area contributed by atoms with Crippen LogP contribution in [0.15, 0.2) is 12.4 Å². The van der Waals surface area contributed by atoms with Crippen LogP contribution in [0, 0.1) is 0 Å². The van der Waals surface area contributed by atoms with Gasteiger partial charge < -0.3 is 0 Å². The number of nitrogens with zero attached hydrogens (tertiary/aromatic N) is 2. The molecule has 188 valence electrons. The minimum atomic E-state index is 1.11. The minimum Gasteiger partial charge on any atom is -0.235 e. The number of aryl methyl sites for hydroxylation is 2. The summed E-state index contributed by atoms with van der Waals surface area (Å²) < 4.78 is 5.03. The summed E-state index contributed by atoms with van der Waals surface area (Å²) in [5, 5.41) is 0. The molecule has 2 nitrogen and oxygen atoms in total. The van der Waals surface area contributed by atoms with Gasteiger partial charge in [-0.15, -0.1) is 0 Å². The van der Waals surface area contributed by atoms with Gasteiger partial charge in [-0.25, -0.2) is 9.13 Å². The second-order valence-electron chi connectivity index (χ2n) is 10.2. The van der Waals surface area contributed by atoms with E-state index in [0.29, 0.717) is 0 Å². The fourth-order valence-electron chi connectivity index (χ4n) is 4.99. The molecule has 0 aromatic carbocycles. The lowest BCUT2D eigenvalue weighted by Gasteiger charge is -2.06. The molecule has 0 fully saturated rings. The van der Waals surface area contributed by atoms with E-state index in [-0.39, 0.29) is 0 Å². The zero-order valence-corrected chi connectivity index (χ0v) is 22.5. The van der Waals surface area contributed by atoms with Crippen molar-refractivity contribution in [2.45, 2.75) is 175 Å². The van der Waals surface area contributed by atoms with Crippen molar-refractivity contribution in [1.82, 2.24) is 4.57 Å². The van der Waals surface area contributed by atoms with Crippen molar-refractivity contribution in [2.24, 2.45) is 0 Å². The normalized spacial score (nSPS) is 11.5. The Morgan fingerprint density at radius 2 is 0.938 bits per heavy atom. The van der Waals surface area contributed by atoms with E-state index >= 15 is 0 Å². The first-order valence-corrected chi connectivity index (χ1v) is 14.9. The highest BCUT2D eigenvalue weighted by atomic mass is 15.1. The van der Waals surface area contributed by atoms with Crippen molar-refractivity contribution in [3.8, 4) is 0 Å². The summed E-state index contributed by atoms with van der Waals surface area (Å²) in [5.74, 6) is 1.57. The first kappa shape index (κ1) is 29.2. The molecule has 2 heteroatoms. The molecule has 1 rings (SSSR count). The highest BCUT2D eigenvalue weighted by molar-refractivity contribution is 4.84. The average molecular weight is 448 g/mol. The molecular formula is C30H59N2+. The zero-order chi connectivity index (χ0) is 23.1. The van der Waals surface area contributed by atoms with Crippen molar-refractivity contribution in [3.05, 3.63) is 18.2 Å². The van der Waals surface area contributed by atoms with Crippen molar-refractivity contribution >= 4 is 0 Å². The van der Waals surface area contributed by atoms with Gasteiger partial charge in [-0.3, -0.25) is 0 Å². The van der Waals surface area contributed by atoms with Crippen LogP contribution in [0.25, 0.3) is 0 Å². The van der Waals surface area contributed by atoms with Crippen LogP contribution in [-0.4, -0.2) is 4.57 Å². The maximum Gasteiger partial charge on any atom is 0.256 e. The van der Waals surface area contributed by atoms with Gasteiger partial charge in [0.25, 0.3) is 5.82 Å². The van der Waals surface area contributed by atoms with Crippen LogP contribution in [0.3, 0.4) is 0 Å². The zero-order valence-electron chi connectivity index (χ0n) is 22.5. The molecule has 0 aliphatic carbocycles. The molecule has 0 aliphatic heterocycles. The Morgan fingerprint density at radius 1 is 0.531 bits per heavy atom. The lowest BCUT2D eigenvalue weighted by atomic mass is 10.0. The minimum absolute atomic E-state index is 1.11. The van der Waals surface area contributed by atoms with Gasteiger partial charge in [0.1, 0.15) is 12.4 Å². The Hall–Kier alpha value is -0.790. The number of aromatic nitrogens is 2. The van der Waals surface area contributed by atoms with E-state index < -0.39 is 0 Å². The van der Waals surface area contributed by atoms with Gasteiger partial charge in [0.15, 0.2) is 0 Å². The number of hydrogen-bond donors (Lipinski definition) is 0. The van der Waals surface area contributed by atoms with E-state index in [9.17, 15) is 0 Å². The first-order valence-electron chi connectivity index (χ1n) is 14.9. The van der Waals surface area contributed by atoms with Crippen molar-refractivity contribution in [2.75, 3.05) is 0 Å². The summed E-state index contributed by atoms with van der Waals surface area (Å²) >= 11 is 0. The summed E-state index contributed by atoms with van der Waals surface area (Å²) in [7, 11) is 0. The summed E-state index contributed by atoms with van der Waals surface area (Å²) in [6, 6.07) is 0. The fourth-order valence-corrected chi connectivity index (χ4v) is 4.99. The average Bonchev–Trinajstić information content (AvgIpc) is 3.20. The lowest BCUT2D eigenvalue weighted by Crippen LogP contribution is -2.36. The maximum atomic E-state index is 2.55. The van der Waals surface area contributed by atoms with Gasteiger partial charge in [-0.2, -0.15) is 0 Å². The van der Waals surface area contributed by atoms with Crippen LogP contribution in [0.4, 0.5) is 0 Å². The largest absolute Gasteiger partial charge is 0.256 e. The first-order chi connectivity index (χ1) is 15.8. The predicted octanol–water partition coefficient (Wildman–Crippen LogP) is 9.57. The number of rotatable bonds is 24. The molecule has 0 N–H and O–H groups in total. The van der Waals surface area contributed by atoms with E-state index in [1.807, 2.05) is 0 Å². The Kier molecular flexibility index (Phi) is 20.1. The highest BCUT2D eigenvalue weighted by Gasteiger charge is 2.15. The van der Waals surface area contributed by atoms with Crippen LogP contribution in [0.5, 0.6) is 0 Å². The highest BCUT2D eigenvalue weighted by Crippen LogP contribution is 2.14. The van der Waals surface area contributed by atoms with Crippen molar-refractivity contribution in [3.63, 3.8) is 0 Å². The van der Waals surface area contributed by atoms with Gasteiger partial charge in [-0.05, 0) is 26.2 Å². The Morgan fingerprint density at radius 3 is 1.38 bits per heavy atom. The lowest BCUT2D eigenvalue weighted by molar-refractivity contribution is -0.700. The summed E-state index contributed by atoms with van der Waals surface area (Å²) in [6.07, 6.45) is 35.9. The number of unbranched alkanes of at least 4 members (excludes halogenated alkanes) is 19. The maximum absolute atomic E-state index is 2.55. The van der Waals surface area contributed by atoms with Gasteiger partial charge in [0, 0.05) is 6.42 Å². The van der Waals surface area contributed by atoms with E-state index in [0.717, 1.165) is 6.54 Å². The molecule has 0 atom stereocenters. The van der Waals surface area contributed by atoms with Gasteiger partial charge >= 0.3 is 0 Å². The molecule has 0 saturated carbocycles. The smallest absolute Gasteiger partial charge is 0.235 e. The third kappa shape index (κ3) is 15.1. The van der Waals surface area contributed by atoms with E-state index in [4.69, 9.17) is 0 Å². The molecule has 0 saturated heterocycles. The molecule has 1 aromatic heterocycles. The van der Waals surface area contributed by atoms with Gasteiger partial charge in [0.05, 0.1) is 13.1 Å². The molecular weight excluding hydrogens is 388 g/mol. The Labute approximate surface area is 202 Å². The summed E-state index contributed by atoms with van der Waals surface area (Å²) in [6.45, 7) is 9.21. The van der Waals surface area contributed by atoms with Crippen molar-refractivity contribution < 1.29 is 4.57 Å². The third-order valence-electron chi connectivity index (χ3n) is 7.19. The molecule has 1 heterocycles. The topological polar surface area (TPSA) is 8.81 Å². The van der Waals surface area contributed by atoms with Gasteiger partial charge in [-0.1, -0.05) is 129 Å². The van der Waals surface area contributed by atoms with E-state index in [1.165, 1.54) is 148 Å². The van der Waals surface area contributed by atoms with Gasteiger partial charge in [0.2, 0.25) is 0 Å². The molecule has 1 aromatic rings. The molecule has 0 amide bonds. The summed E-state index contributed by atoms with van der Waals surface area (Å²) in [4.78, 5) is 0. The standard InChI is InChI=1S/C30H59N2/c1-4-7-9-11-13-14-15-16-17-18-19-20-22-24-26-30-31(6-3)28-29-32(30)27-25-23-21-12-10-8-5-2/h28-29H,4-27H2,1-3H3/q+1. The molecule has 0 spiro atoms. The molecule has 0 radical (unpaired) electrons. The second kappa shape index (κ2) is 22.0.